The molecule has 7 nitrogen and oxygen atoms in total. The molecule has 0 atom stereocenters. The van der Waals surface area contributed by atoms with Gasteiger partial charge in [-0.2, -0.15) is 12.7 Å². The SMILES string of the molecule is NC(=O)NS(=O)(=O)N1CCOCC1. The molecule has 0 unspecified atom stereocenters. The maximum atomic E-state index is 11.3. The minimum Gasteiger partial charge on any atom is -0.379 e. The molecule has 1 saturated heterocycles. The van der Waals surface area contributed by atoms with Gasteiger partial charge in [0.15, 0.2) is 0 Å². The fourth-order valence-electron chi connectivity index (χ4n) is 0.979. The molecule has 0 aromatic heterocycles. The quantitative estimate of drug-likeness (QED) is 0.562. The molecule has 1 heterocycles. The number of primary amides is 1. The van der Waals surface area contributed by atoms with Crippen molar-refractivity contribution in [3.63, 3.8) is 0 Å². The minimum absolute atomic E-state index is 0.239. The van der Waals surface area contributed by atoms with Gasteiger partial charge in [0.05, 0.1) is 13.2 Å². The zero-order valence-corrected chi connectivity index (χ0v) is 7.71. The first kappa shape index (κ1) is 10.2. The number of rotatable bonds is 2. The zero-order valence-electron chi connectivity index (χ0n) is 6.89. The summed E-state index contributed by atoms with van der Waals surface area (Å²) < 4.78 is 30.2. The Kier molecular flexibility index (Phi) is 3.07. The highest BCUT2D eigenvalue weighted by Crippen LogP contribution is 2.01. The van der Waals surface area contributed by atoms with Crippen LogP contribution in [0.5, 0.6) is 0 Å². The number of nitrogens with one attached hydrogen (secondary N) is 1. The number of hydrogen-bond donors (Lipinski definition) is 2. The second-order valence-corrected chi connectivity index (χ2v) is 4.15. The highest BCUT2D eigenvalue weighted by atomic mass is 32.2. The third kappa shape index (κ3) is 2.83. The molecule has 0 bridgehead atoms. The van der Waals surface area contributed by atoms with Gasteiger partial charge in [-0.25, -0.2) is 9.52 Å². The van der Waals surface area contributed by atoms with Crippen LogP contribution in [0.4, 0.5) is 4.79 Å². The Bertz CT molecular complexity index is 282. The van der Waals surface area contributed by atoms with E-state index in [0.29, 0.717) is 13.2 Å². The second-order valence-electron chi connectivity index (χ2n) is 2.48. The topological polar surface area (TPSA) is 102 Å². The lowest BCUT2D eigenvalue weighted by Gasteiger charge is -2.25. The van der Waals surface area contributed by atoms with E-state index in [1.807, 2.05) is 0 Å². The third-order valence-corrected chi connectivity index (χ3v) is 3.04. The fourth-order valence-corrected chi connectivity index (χ4v) is 1.99. The van der Waals surface area contributed by atoms with Crippen LogP contribution < -0.4 is 10.5 Å². The number of ether oxygens (including phenoxy) is 1. The summed E-state index contributed by atoms with van der Waals surface area (Å²) in [4.78, 5) is 10.3. The van der Waals surface area contributed by atoms with E-state index in [-0.39, 0.29) is 13.1 Å². The van der Waals surface area contributed by atoms with Crippen LogP contribution in [0.15, 0.2) is 0 Å². The van der Waals surface area contributed by atoms with E-state index in [9.17, 15) is 13.2 Å². The maximum Gasteiger partial charge on any atom is 0.326 e. The molecule has 1 rings (SSSR count). The standard InChI is InChI=1S/C5H11N3O4S/c6-5(9)7-13(10,11)8-1-3-12-4-2-8/h1-4H2,(H3,6,7,9). The van der Waals surface area contributed by atoms with E-state index in [4.69, 9.17) is 10.5 Å². The van der Waals surface area contributed by atoms with Crippen molar-refractivity contribution in [1.82, 2.24) is 9.03 Å². The van der Waals surface area contributed by atoms with Crippen LogP contribution in [-0.4, -0.2) is 45.1 Å². The molecule has 0 radical (unpaired) electrons. The molecule has 0 spiro atoms. The molecule has 13 heavy (non-hydrogen) atoms. The van der Waals surface area contributed by atoms with Crippen molar-refractivity contribution in [2.24, 2.45) is 5.73 Å². The summed E-state index contributed by atoms with van der Waals surface area (Å²) in [5, 5.41) is 0. The Balaban J connectivity index is 2.62. The molecule has 0 aromatic rings. The number of hydrogen-bond acceptors (Lipinski definition) is 4. The maximum absolute atomic E-state index is 11.3. The number of nitrogens with two attached hydrogens (primary N) is 1. The van der Waals surface area contributed by atoms with Crippen LogP contribution in [0.2, 0.25) is 0 Å². The molecule has 1 fully saturated rings. The predicted molar refractivity (Wildman–Crippen MR) is 44.0 cm³/mol. The average Bonchev–Trinajstić information content (AvgIpc) is 2.04. The van der Waals surface area contributed by atoms with Crippen LogP contribution in [-0.2, 0) is 14.9 Å². The highest BCUT2D eigenvalue weighted by Gasteiger charge is 2.24. The fraction of sp³-hybridized carbons (Fsp3) is 0.800. The van der Waals surface area contributed by atoms with Gasteiger partial charge in [0.1, 0.15) is 0 Å². The first-order valence-corrected chi connectivity index (χ1v) is 5.11. The Morgan fingerprint density at radius 2 is 1.92 bits per heavy atom. The molecule has 8 heteroatoms. The number of amides is 2. The van der Waals surface area contributed by atoms with Gasteiger partial charge in [0.2, 0.25) is 0 Å². The van der Waals surface area contributed by atoms with Gasteiger partial charge >= 0.3 is 16.2 Å². The number of carbonyl (C=O) groups excluding carboxylic acids is 1. The zero-order chi connectivity index (χ0) is 9.90. The van der Waals surface area contributed by atoms with E-state index in [0.717, 1.165) is 4.31 Å². The minimum atomic E-state index is -3.75. The molecular formula is C5H11N3O4S. The normalized spacial score (nSPS) is 19.7. The van der Waals surface area contributed by atoms with Crippen molar-refractivity contribution in [2.45, 2.75) is 0 Å². The first-order valence-electron chi connectivity index (χ1n) is 3.67. The number of morpholine rings is 1. The second kappa shape index (κ2) is 3.90. The lowest BCUT2D eigenvalue weighted by molar-refractivity contribution is 0.0726. The highest BCUT2D eigenvalue weighted by molar-refractivity contribution is 7.87. The van der Waals surface area contributed by atoms with E-state index < -0.39 is 16.2 Å². The van der Waals surface area contributed by atoms with Crippen molar-refractivity contribution in [3.05, 3.63) is 0 Å². The van der Waals surface area contributed by atoms with Crippen molar-refractivity contribution >= 4 is 16.2 Å². The summed E-state index contributed by atoms with van der Waals surface area (Å²) in [6, 6.07) is -1.08. The van der Waals surface area contributed by atoms with E-state index in [1.54, 1.807) is 4.72 Å². The summed E-state index contributed by atoms with van der Waals surface area (Å²) in [5.74, 6) is 0. The van der Waals surface area contributed by atoms with Gasteiger partial charge in [0.25, 0.3) is 0 Å². The smallest absolute Gasteiger partial charge is 0.326 e. The Morgan fingerprint density at radius 1 is 1.38 bits per heavy atom. The van der Waals surface area contributed by atoms with E-state index >= 15 is 0 Å². The first-order chi connectivity index (χ1) is 6.02. The summed E-state index contributed by atoms with van der Waals surface area (Å²) >= 11 is 0. The van der Waals surface area contributed by atoms with Crippen LogP contribution in [0, 0.1) is 0 Å². The van der Waals surface area contributed by atoms with Crippen LogP contribution in [0.1, 0.15) is 0 Å². The molecule has 3 N–H and O–H groups in total. The molecule has 0 aliphatic carbocycles. The molecule has 2 amide bonds. The van der Waals surface area contributed by atoms with Crippen molar-refractivity contribution < 1.29 is 17.9 Å². The van der Waals surface area contributed by atoms with Crippen molar-refractivity contribution in [1.29, 1.82) is 0 Å². The molecule has 1 aliphatic heterocycles. The lowest BCUT2D eigenvalue weighted by Crippen LogP contribution is -2.49. The van der Waals surface area contributed by atoms with E-state index in [1.165, 1.54) is 0 Å². The number of carbonyl (C=O) groups is 1. The van der Waals surface area contributed by atoms with Gasteiger partial charge in [-0.3, -0.25) is 0 Å². The Hall–Kier alpha value is -0.860. The van der Waals surface area contributed by atoms with Crippen LogP contribution in [0.3, 0.4) is 0 Å². The van der Waals surface area contributed by atoms with Gasteiger partial charge in [0, 0.05) is 13.1 Å². The van der Waals surface area contributed by atoms with E-state index in [2.05, 4.69) is 0 Å². The molecule has 1 aliphatic rings. The van der Waals surface area contributed by atoms with Crippen molar-refractivity contribution in [2.75, 3.05) is 26.3 Å². The Labute approximate surface area is 76.0 Å². The summed E-state index contributed by atoms with van der Waals surface area (Å²) in [5.41, 5.74) is 4.70. The Morgan fingerprint density at radius 3 is 2.38 bits per heavy atom. The van der Waals surface area contributed by atoms with Gasteiger partial charge in [-0.15, -0.1) is 0 Å². The van der Waals surface area contributed by atoms with Crippen LogP contribution >= 0.6 is 0 Å². The summed E-state index contributed by atoms with van der Waals surface area (Å²) in [6.07, 6.45) is 0. The van der Waals surface area contributed by atoms with Crippen molar-refractivity contribution in [3.8, 4) is 0 Å². The van der Waals surface area contributed by atoms with Crippen LogP contribution in [0.25, 0.3) is 0 Å². The lowest BCUT2D eigenvalue weighted by atomic mass is 10.5. The summed E-state index contributed by atoms with van der Waals surface area (Å²) in [7, 11) is -3.75. The third-order valence-electron chi connectivity index (χ3n) is 1.54. The van der Waals surface area contributed by atoms with Gasteiger partial charge in [-0.05, 0) is 0 Å². The predicted octanol–water partition coefficient (Wildman–Crippen LogP) is -1.77. The molecule has 0 saturated carbocycles. The van der Waals surface area contributed by atoms with Gasteiger partial charge < -0.3 is 10.5 Å². The van der Waals surface area contributed by atoms with Gasteiger partial charge in [-0.1, -0.05) is 0 Å². The summed E-state index contributed by atoms with van der Waals surface area (Å²) in [6.45, 7) is 1.14. The number of urea groups is 1. The molecule has 76 valence electrons. The molecular weight excluding hydrogens is 198 g/mol. The molecule has 0 aromatic carbocycles. The number of nitrogens with zero attached hydrogens (tertiary/aromatic N) is 1. The average molecular weight is 209 g/mol. The largest absolute Gasteiger partial charge is 0.379 e. The monoisotopic (exact) mass is 209 g/mol.